The lowest BCUT2D eigenvalue weighted by Gasteiger charge is -2.41. The number of rotatable bonds is 9. The van der Waals surface area contributed by atoms with Crippen LogP contribution in [0.4, 0.5) is 20.3 Å². The number of likely N-dealkylation sites (N-methyl/N-ethyl adjacent to an activating group) is 1. The molecule has 44 heavy (non-hydrogen) atoms. The van der Waals surface area contributed by atoms with Crippen LogP contribution in [0.1, 0.15) is 31.0 Å². The number of piperazine rings is 1. The minimum atomic E-state index is -1.03. The average molecular weight is 602 g/mol. The lowest BCUT2D eigenvalue weighted by atomic mass is 10.0. The monoisotopic (exact) mass is 601 g/mol. The topological polar surface area (TPSA) is 69.4 Å². The van der Waals surface area contributed by atoms with Crippen molar-refractivity contribution in [2.45, 2.75) is 50.9 Å². The maximum Gasteiger partial charge on any atom is 0.318 e. The van der Waals surface area contributed by atoms with Crippen molar-refractivity contribution >= 4 is 28.2 Å². The molecule has 0 N–H and O–H groups in total. The summed E-state index contributed by atoms with van der Waals surface area (Å²) in [5.41, 5.74) is 2.57. The second-order valence-corrected chi connectivity index (χ2v) is 11.9. The molecule has 2 atom stereocenters. The number of aromatic nitrogens is 2. The van der Waals surface area contributed by atoms with Gasteiger partial charge in [0.1, 0.15) is 24.3 Å². The van der Waals surface area contributed by atoms with Crippen LogP contribution >= 0.6 is 0 Å². The van der Waals surface area contributed by atoms with Gasteiger partial charge in [0.05, 0.1) is 12.2 Å². The van der Waals surface area contributed by atoms with Gasteiger partial charge in [-0.1, -0.05) is 30.8 Å². The van der Waals surface area contributed by atoms with Crippen molar-refractivity contribution in [1.29, 1.82) is 0 Å². The molecule has 9 nitrogen and oxygen atoms in total. The molecule has 1 aromatic heterocycles. The Kier molecular flexibility index (Phi) is 8.36. The molecule has 3 heterocycles. The number of amides is 1. The Bertz CT molecular complexity index is 1620. The predicted molar refractivity (Wildman–Crippen MR) is 166 cm³/mol. The molecule has 6 rings (SSSR count). The predicted octanol–water partition coefficient (Wildman–Crippen LogP) is 4.61. The third-order valence-corrected chi connectivity index (χ3v) is 9.04. The van der Waals surface area contributed by atoms with Crippen molar-refractivity contribution in [3.05, 3.63) is 77.3 Å². The Balaban J connectivity index is 1.33. The summed E-state index contributed by atoms with van der Waals surface area (Å²) in [5, 5.41) is 1.42. The standard InChI is InChI=1S/C33H37F2N7O2/c1-21(39(4)24-11-12-24)20-44-33-37-28-19-40(29-10-6-8-23-7-5-9-27(35)30(23)29)14-13-26(28)31(38-33)41-15-16-42(32(43)22(2)34)25(18-41)17-36-3/h5-10,21,24-25H,2,11-20H2,1,4H3/t21-,25-/m0/s1. The highest BCUT2D eigenvalue weighted by Crippen LogP contribution is 2.36. The number of ether oxygens (including phenoxy) is 1. The van der Waals surface area contributed by atoms with Crippen LogP contribution < -0.4 is 14.5 Å². The van der Waals surface area contributed by atoms with E-state index >= 15 is 4.39 Å². The summed E-state index contributed by atoms with van der Waals surface area (Å²) in [6, 6.07) is 11.4. The first-order chi connectivity index (χ1) is 21.2. The molecule has 0 radical (unpaired) electrons. The summed E-state index contributed by atoms with van der Waals surface area (Å²) in [6.45, 7) is 15.2. The maximum atomic E-state index is 15.0. The van der Waals surface area contributed by atoms with Gasteiger partial charge >= 0.3 is 6.01 Å². The first-order valence-corrected chi connectivity index (χ1v) is 15.2. The molecule has 1 saturated heterocycles. The number of halogens is 2. The minimum Gasteiger partial charge on any atom is -0.462 e. The molecule has 0 bridgehead atoms. The Morgan fingerprint density at radius 2 is 1.95 bits per heavy atom. The van der Waals surface area contributed by atoms with E-state index in [1.807, 2.05) is 24.3 Å². The van der Waals surface area contributed by atoms with Crippen molar-refractivity contribution in [2.24, 2.45) is 0 Å². The van der Waals surface area contributed by atoms with Gasteiger partial charge in [0, 0.05) is 54.9 Å². The molecular weight excluding hydrogens is 564 g/mol. The Hall–Kier alpha value is -4.30. The van der Waals surface area contributed by atoms with Gasteiger partial charge in [-0.25, -0.2) is 15.4 Å². The summed E-state index contributed by atoms with van der Waals surface area (Å²) in [5.74, 6) is -1.37. The van der Waals surface area contributed by atoms with E-state index in [1.54, 1.807) is 6.07 Å². The summed E-state index contributed by atoms with van der Waals surface area (Å²) in [7, 11) is 2.11. The van der Waals surface area contributed by atoms with Crippen LogP contribution in [-0.2, 0) is 17.8 Å². The van der Waals surface area contributed by atoms with Gasteiger partial charge in [0.25, 0.3) is 5.91 Å². The third kappa shape index (κ3) is 5.91. The van der Waals surface area contributed by atoms with Gasteiger partial charge in [-0.2, -0.15) is 9.97 Å². The highest BCUT2D eigenvalue weighted by Gasteiger charge is 2.36. The molecule has 2 aromatic carbocycles. The lowest BCUT2D eigenvalue weighted by molar-refractivity contribution is -0.131. The first kappa shape index (κ1) is 29.8. The van der Waals surface area contributed by atoms with E-state index in [2.05, 4.69) is 40.1 Å². The zero-order chi connectivity index (χ0) is 31.0. The number of nitrogens with zero attached hydrogens (tertiary/aromatic N) is 7. The number of hydrogen-bond donors (Lipinski definition) is 0. The van der Waals surface area contributed by atoms with Crippen molar-refractivity contribution in [2.75, 3.05) is 56.2 Å². The van der Waals surface area contributed by atoms with E-state index in [4.69, 9.17) is 21.3 Å². The summed E-state index contributed by atoms with van der Waals surface area (Å²) < 4.78 is 35.1. The second kappa shape index (κ2) is 12.4. The summed E-state index contributed by atoms with van der Waals surface area (Å²) >= 11 is 0. The van der Waals surface area contributed by atoms with Gasteiger partial charge < -0.3 is 24.3 Å². The van der Waals surface area contributed by atoms with E-state index in [1.165, 1.54) is 23.8 Å². The Morgan fingerprint density at radius 3 is 2.68 bits per heavy atom. The van der Waals surface area contributed by atoms with E-state index in [-0.39, 0.29) is 31.0 Å². The quantitative estimate of drug-likeness (QED) is 0.262. The molecule has 0 unspecified atom stereocenters. The average Bonchev–Trinajstić information content (AvgIpc) is 3.88. The number of benzene rings is 2. The number of fused-ring (bicyclic) bond motifs is 2. The number of carbonyl (C=O) groups is 1. The fourth-order valence-electron chi connectivity index (χ4n) is 6.35. The zero-order valence-corrected chi connectivity index (χ0v) is 25.2. The minimum absolute atomic E-state index is 0.0393. The summed E-state index contributed by atoms with van der Waals surface area (Å²) in [6.07, 6.45) is 3.01. The third-order valence-electron chi connectivity index (χ3n) is 9.04. The highest BCUT2D eigenvalue weighted by atomic mass is 19.1. The van der Waals surface area contributed by atoms with Crippen LogP contribution in [0.25, 0.3) is 15.6 Å². The largest absolute Gasteiger partial charge is 0.462 e. The van der Waals surface area contributed by atoms with Crippen molar-refractivity contribution in [3.8, 4) is 6.01 Å². The van der Waals surface area contributed by atoms with Crippen LogP contribution in [0.15, 0.2) is 48.8 Å². The van der Waals surface area contributed by atoms with Crippen molar-refractivity contribution in [3.63, 3.8) is 0 Å². The molecule has 2 aliphatic heterocycles. The first-order valence-electron chi connectivity index (χ1n) is 15.2. The smallest absolute Gasteiger partial charge is 0.318 e. The van der Waals surface area contributed by atoms with Gasteiger partial charge in [-0.05, 0) is 50.8 Å². The number of carbonyl (C=O) groups excluding carboxylic acids is 1. The van der Waals surface area contributed by atoms with Crippen molar-refractivity contribution in [1.82, 2.24) is 19.8 Å². The van der Waals surface area contributed by atoms with E-state index in [9.17, 15) is 9.18 Å². The molecule has 2 fully saturated rings. The molecule has 1 saturated carbocycles. The molecule has 1 amide bonds. The van der Waals surface area contributed by atoms with Crippen LogP contribution in [0.3, 0.4) is 0 Å². The lowest BCUT2D eigenvalue weighted by Crippen LogP contribution is -2.57. The van der Waals surface area contributed by atoms with Gasteiger partial charge in [-0.15, -0.1) is 0 Å². The molecule has 3 aliphatic rings. The van der Waals surface area contributed by atoms with E-state index < -0.39 is 17.8 Å². The van der Waals surface area contributed by atoms with Crippen LogP contribution in [0, 0.1) is 12.4 Å². The second-order valence-electron chi connectivity index (χ2n) is 11.9. The van der Waals surface area contributed by atoms with Gasteiger partial charge in [0.15, 0.2) is 5.83 Å². The molecule has 3 aromatic rings. The molecular formula is C33H37F2N7O2. The summed E-state index contributed by atoms with van der Waals surface area (Å²) in [4.78, 5) is 33.7. The highest BCUT2D eigenvalue weighted by molar-refractivity contribution is 5.95. The zero-order valence-electron chi connectivity index (χ0n) is 25.2. The normalized spacial score (nSPS) is 19.1. The van der Waals surface area contributed by atoms with Gasteiger partial charge in [-0.3, -0.25) is 9.69 Å². The molecule has 230 valence electrons. The van der Waals surface area contributed by atoms with Crippen LogP contribution in [0.2, 0.25) is 0 Å². The van der Waals surface area contributed by atoms with E-state index in [0.29, 0.717) is 56.5 Å². The van der Waals surface area contributed by atoms with Gasteiger partial charge in [0.2, 0.25) is 6.54 Å². The SMILES string of the molecule is [C-]#[N+]C[C@H]1CN(c2nc(OC[C@H](C)N(C)C3CC3)nc3c2CCN(c2cccc4cccc(F)c24)C3)CCN1C(=O)C(=C)F. The maximum absolute atomic E-state index is 15.0. The van der Waals surface area contributed by atoms with Crippen LogP contribution in [0.5, 0.6) is 6.01 Å². The Morgan fingerprint density at radius 1 is 1.18 bits per heavy atom. The van der Waals surface area contributed by atoms with Crippen LogP contribution in [-0.4, -0.2) is 90.2 Å². The fourth-order valence-corrected chi connectivity index (χ4v) is 6.35. The van der Waals surface area contributed by atoms with Crippen molar-refractivity contribution < 1.29 is 18.3 Å². The molecule has 1 aliphatic carbocycles. The van der Waals surface area contributed by atoms with E-state index in [0.717, 1.165) is 22.3 Å². The number of hydrogen-bond acceptors (Lipinski definition) is 7. The Labute approximate surface area is 256 Å². The molecule has 0 spiro atoms. The number of anilines is 2. The molecule has 11 heteroatoms. The fraction of sp³-hybridized carbons (Fsp3) is 0.455.